The van der Waals surface area contributed by atoms with Crippen molar-refractivity contribution in [3.8, 4) is 11.5 Å². The highest BCUT2D eigenvalue weighted by molar-refractivity contribution is 5.75. The number of hydrogen-bond acceptors (Lipinski definition) is 3. The summed E-state index contributed by atoms with van der Waals surface area (Å²) in [5.74, 6) is 1.93. The summed E-state index contributed by atoms with van der Waals surface area (Å²) >= 11 is 0. The summed E-state index contributed by atoms with van der Waals surface area (Å²) in [5.41, 5.74) is 6.32. The number of ether oxygens (including phenoxy) is 2. The molecule has 1 aromatic carbocycles. The molecule has 4 heteroatoms. The molecule has 0 saturated heterocycles. The van der Waals surface area contributed by atoms with Gasteiger partial charge in [0, 0.05) is 6.07 Å². The van der Waals surface area contributed by atoms with Crippen molar-refractivity contribution >= 4 is 5.91 Å². The molecule has 1 heterocycles. The second kappa shape index (κ2) is 6.37. The minimum atomic E-state index is -0.465. The molecule has 1 amide bonds. The lowest BCUT2D eigenvalue weighted by Gasteiger charge is -2.28. The molecule has 0 bridgehead atoms. The Morgan fingerprint density at radius 1 is 1.29 bits per heavy atom. The van der Waals surface area contributed by atoms with Crippen LogP contribution in [0.4, 0.5) is 0 Å². The van der Waals surface area contributed by atoms with Gasteiger partial charge in [0.15, 0.2) is 6.61 Å². The Bertz CT molecular complexity index is 509. The standard InChI is InChI=1S/C17H23NO3/c18-17(19)11-20-14-7-5-13-6-8-15(21-16(13)10-14)9-12-3-1-2-4-12/h5,7,10,12,15H,1-4,6,8-9,11H2,(H2,18,19). The molecule has 1 saturated carbocycles. The van der Waals surface area contributed by atoms with Crippen LogP contribution in [0.25, 0.3) is 0 Å². The number of carbonyl (C=O) groups is 1. The van der Waals surface area contributed by atoms with E-state index < -0.39 is 5.91 Å². The van der Waals surface area contributed by atoms with E-state index in [0.717, 1.165) is 24.5 Å². The monoisotopic (exact) mass is 289 g/mol. The highest BCUT2D eigenvalue weighted by Gasteiger charge is 2.25. The summed E-state index contributed by atoms with van der Waals surface area (Å²) in [6.07, 6.45) is 9.12. The Kier molecular flexibility index (Phi) is 4.32. The van der Waals surface area contributed by atoms with E-state index in [1.165, 1.54) is 37.7 Å². The number of amides is 1. The van der Waals surface area contributed by atoms with Crippen molar-refractivity contribution in [2.45, 2.75) is 51.0 Å². The Hall–Kier alpha value is -1.71. The SMILES string of the molecule is NC(=O)COc1ccc2c(c1)OC(CC1CCCC1)CC2. The van der Waals surface area contributed by atoms with Crippen LogP contribution < -0.4 is 15.2 Å². The fourth-order valence-corrected chi connectivity index (χ4v) is 3.43. The third kappa shape index (κ3) is 3.69. The molecule has 4 nitrogen and oxygen atoms in total. The molecule has 1 unspecified atom stereocenters. The normalized spacial score (nSPS) is 21.6. The number of carbonyl (C=O) groups excluding carboxylic acids is 1. The van der Waals surface area contributed by atoms with Crippen LogP contribution >= 0.6 is 0 Å². The van der Waals surface area contributed by atoms with E-state index in [2.05, 4.69) is 0 Å². The molecule has 1 aromatic rings. The van der Waals surface area contributed by atoms with Crippen molar-refractivity contribution in [1.82, 2.24) is 0 Å². The van der Waals surface area contributed by atoms with Crippen molar-refractivity contribution in [3.63, 3.8) is 0 Å². The van der Waals surface area contributed by atoms with Gasteiger partial charge in [-0.2, -0.15) is 0 Å². The summed E-state index contributed by atoms with van der Waals surface area (Å²) in [5, 5.41) is 0. The van der Waals surface area contributed by atoms with Gasteiger partial charge in [-0.25, -0.2) is 0 Å². The maximum atomic E-state index is 10.8. The Labute approximate surface area is 125 Å². The second-order valence-electron chi connectivity index (χ2n) is 6.19. The van der Waals surface area contributed by atoms with Gasteiger partial charge in [0.1, 0.15) is 11.5 Å². The van der Waals surface area contributed by atoms with Crippen LogP contribution in [0.5, 0.6) is 11.5 Å². The molecule has 3 rings (SSSR count). The van der Waals surface area contributed by atoms with Crippen molar-refractivity contribution in [2.24, 2.45) is 11.7 Å². The summed E-state index contributed by atoms with van der Waals surface area (Å²) in [4.78, 5) is 10.8. The maximum absolute atomic E-state index is 10.8. The minimum Gasteiger partial charge on any atom is -0.490 e. The first kappa shape index (κ1) is 14.2. The zero-order chi connectivity index (χ0) is 14.7. The van der Waals surface area contributed by atoms with Crippen LogP contribution in [0, 0.1) is 5.92 Å². The molecule has 1 atom stereocenters. The predicted molar refractivity (Wildman–Crippen MR) is 80.4 cm³/mol. The van der Waals surface area contributed by atoms with Gasteiger partial charge in [0.2, 0.25) is 0 Å². The number of aryl methyl sites for hydroxylation is 1. The molecule has 0 spiro atoms. The lowest BCUT2D eigenvalue weighted by Crippen LogP contribution is -2.25. The van der Waals surface area contributed by atoms with Gasteiger partial charge in [-0.3, -0.25) is 4.79 Å². The number of rotatable bonds is 5. The molecular formula is C17H23NO3. The number of nitrogens with two attached hydrogens (primary N) is 1. The second-order valence-corrected chi connectivity index (χ2v) is 6.19. The van der Waals surface area contributed by atoms with Crippen molar-refractivity contribution in [3.05, 3.63) is 23.8 Å². The van der Waals surface area contributed by atoms with Crippen molar-refractivity contribution in [2.75, 3.05) is 6.61 Å². The fraction of sp³-hybridized carbons (Fsp3) is 0.588. The summed E-state index contributed by atoms with van der Waals surface area (Å²) < 4.78 is 11.5. The predicted octanol–water partition coefficient (Wildman–Crippen LogP) is 2.82. The van der Waals surface area contributed by atoms with Gasteiger partial charge >= 0.3 is 0 Å². The fourth-order valence-electron chi connectivity index (χ4n) is 3.43. The molecule has 1 aliphatic heterocycles. The van der Waals surface area contributed by atoms with Gasteiger partial charge in [-0.1, -0.05) is 31.7 Å². The third-order valence-corrected chi connectivity index (χ3v) is 4.52. The molecule has 1 fully saturated rings. The third-order valence-electron chi connectivity index (χ3n) is 4.52. The average Bonchev–Trinajstić information content (AvgIpc) is 2.97. The van der Waals surface area contributed by atoms with E-state index in [4.69, 9.17) is 15.2 Å². The first-order chi connectivity index (χ1) is 10.2. The van der Waals surface area contributed by atoms with E-state index in [1.807, 2.05) is 18.2 Å². The van der Waals surface area contributed by atoms with Crippen LogP contribution in [-0.4, -0.2) is 18.6 Å². The quantitative estimate of drug-likeness (QED) is 0.906. The molecule has 2 aliphatic rings. The Balaban J connectivity index is 1.62. The van der Waals surface area contributed by atoms with Gasteiger partial charge in [-0.15, -0.1) is 0 Å². The van der Waals surface area contributed by atoms with E-state index >= 15 is 0 Å². The van der Waals surface area contributed by atoms with E-state index in [0.29, 0.717) is 11.9 Å². The van der Waals surface area contributed by atoms with Crippen LogP contribution in [0.3, 0.4) is 0 Å². The maximum Gasteiger partial charge on any atom is 0.255 e. The van der Waals surface area contributed by atoms with Crippen LogP contribution in [-0.2, 0) is 11.2 Å². The zero-order valence-corrected chi connectivity index (χ0v) is 12.3. The lowest BCUT2D eigenvalue weighted by atomic mass is 9.93. The summed E-state index contributed by atoms with van der Waals surface area (Å²) in [6.45, 7) is -0.0930. The van der Waals surface area contributed by atoms with Crippen molar-refractivity contribution < 1.29 is 14.3 Å². The van der Waals surface area contributed by atoms with E-state index in [9.17, 15) is 4.79 Å². The van der Waals surface area contributed by atoms with Gasteiger partial charge in [0.25, 0.3) is 5.91 Å². The number of benzene rings is 1. The minimum absolute atomic E-state index is 0.0930. The largest absolute Gasteiger partial charge is 0.490 e. The molecule has 0 aromatic heterocycles. The molecule has 2 N–H and O–H groups in total. The smallest absolute Gasteiger partial charge is 0.255 e. The van der Waals surface area contributed by atoms with Gasteiger partial charge < -0.3 is 15.2 Å². The lowest BCUT2D eigenvalue weighted by molar-refractivity contribution is -0.119. The van der Waals surface area contributed by atoms with E-state index in [-0.39, 0.29) is 6.61 Å². The van der Waals surface area contributed by atoms with Gasteiger partial charge in [0.05, 0.1) is 6.10 Å². The van der Waals surface area contributed by atoms with Gasteiger partial charge in [-0.05, 0) is 36.8 Å². The number of hydrogen-bond donors (Lipinski definition) is 1. The molecule has 114 valence electrons. The van der Waals surface area contributed by atoms with Crippen LogP contribution in [0.1, 0.15) is 44.1 Å². The van der Waals surface area contributed by atoms with Crippen LogP contribution in [0.15, 0.2) is 18.2 Å². The molecular weight excluding hydrogens is 266 g/mol. The number of primary amides is 1. The Morgan fingerprint density at radius 2 is 2.10 bits per heavy atom. The summed E-state index contributed by atoms with van der Waals surface area (Å²) in [7, 11) is 0. The van der Waals surface area contributed by atoms with E-state index in [1.54, 1.807) is 0 Å². The first-order valence-electron chi connectivity index (χ1n) is 7.91. The molecule has 1 aliphatic carbocycles. The van der Waals surface area contributed by atoms with Crippen LogP contribution in [0.2, 0.25) is 0 Å². The topological polar surface area (TPSA) is 61.6 Å². The number of fused-ring (bicyclic) bond motifs is 1. The average molecular weight is 289 g/mol. The summed E-state index contributed by atoms with van der Waals surface area (Å²) in [6, 6.07) is 5.79. The Morgan fingerprint density at radius 3 is 2.86 bits per heavy atom. The molecule has 0 radical (unpaired) electrons. The highest BCUT2D eigenvalue weighted by atomic mass is 16.5. The first-order valence-corrected chi connectivity index (χ1v) is 7.91. The molecule has 21 heavy (non-hydrogen) atoms. The highest BCUT2D eigenvalue weighted by Crippen LogP contribution is 2.36. The zero-order valence-electron chi connectivity index (χ0n) is 12.3. The van der Waals surface area contributed by atoms with Crippen molar-refractivity contribution in [1.29, 1.82) is 0 Å².